The van der Waals surface area contributed by atoms with Crippen LogP contribution in [0.15, 0.2) is 48.8 Å². The van der Waals surface area contributed by atoms with Crippen LogP contribution in [0.3, 0.4) is 0 Å². The van der Waals surface area contributed by atoms with Crippen LogP contribution in [0, 0.1) is 0 Å². The van der Waals surface area contributed by atoms with E-state index in [1.807, 2.05) is 23.1 Å². The molecule has 3 heterocycles. The van der Waals surface area contributed by atoms with Crippen LogP contribution in [0.25, 0.3) is 0 Å². The number of hydrogen-bond donors (Lipinski definition) is 0. The first-order valence-corrected chi connectivity index (χ1v) is 8.91. The van der Waals surface area contributed by atoms with E-state index in [0.29, 0.717) is 6.54 Å². The van der Waals surface area contributed by atoms with Crippen molar-refractivity contribution in [2.24, 2.45) is 0 Å². The van der Waals surface area contributed by atoms with E-state index in [0.717, 1.165) is 44.8 Å². The Morgan fingerprint density at radius 2 is 1.92 bits per heavy atom. The minimum Gasteiger partial charge on any atom is -0.489 e. The van der Waals surface area contributed by atoms with Crippen LogP contribution >= 0.6 is 0 Å². The molecule has 0 N–H and O–H groups in total. The fraction of sp³-hybridized carbons (Fsp3) is 0.400. The molecule has 4 rings (SSSR count). The van der Waals surface area contributed by atoms with Crippen LogP contribution in [0.4, 0.5) is 0 Å². The lowest BCUT2D eigenvalue weighted by Crippen LogP contribution is -2.42. The normalized spacial score (nSPS) is 20.3. The fourth-order valence-electron chi connectivity index (χ4n) is 3.65. The SMILES string of the molecule is O=C(CN1CC[C@@H](Oc2ccncc2)C1)N1CCc2ccccc2C1. The molecule has 0 spiro atoms. The molecule has 0 radical (unpaired) electrons. The maximum Gasteiger partial charge on any atom is 0.237 e. The van der Waals surface area contributed by atoms with Crippen LogP contribution in [-0.4, -0.2) is 53.0 Å². The van der Waals surface area contributed by atoms with Crippen LogP contribution < -0.4 is 4.74 Å². The van der Waals surface area contributed by atoms with Gasteiger partial charge in [-0.2, -0.15) is 0 Å². The van der Waals surface area contributed by atoms with Gasteiger partial charge in [0.2, 0.25) is 5.91 Å². The van der Waals surface area contributed by atoms with Gasteiger partial charge in [0.25, 0.3) is 0 Å². The van der Waals surface area contributed by atoms with Gasteiger partial charge in [-0.1, -0.05) is 24.3 Å². The summed E-state index contributed by atoms with van der Waals surface area (Å²) in [6.45, 7) is 3.75. The zero-order chi connectivity index (χ0) is 17.1. The van der Waals surface area contributed by atoms with Gasteiger partial charge in [0.1, 0.15) is 11.9 Å². The van der Waals surface area contributed by atoms with Gasteiger partial charge in [-0.3, -0.25) is 14.7 Å². The third-order valence-electron chi connectivity index (χ3n) is 5.02. The Labute approximate surface area is 148 Å². The molecule has 2 aliphatic heterocycles. The van der Waals surface area contributed by atoms with Gasteiger partial charge in [-0.15, -0.1) is 0 Å². The monoisotopic (exact) mass is 337 g/mol. The first-order valence-electron chi connectivity index (χ1n) is 8.91. The Morgan fingerprint density at radius 1 is 1.12 bits per heavy atom. The Morgan fingerprint density at radius 3 is 2.76 bits per heavy atom. The summed E-state index contributed by atoms with van der Waals surface area (Å²) in [7, 11) is 0. The van der Waals surface area contributed by atoms with E-state index < -0.39 is 0 Å². The fourth-order valence-corrected chi connectivity index (χ4v) is 3.65. The highest BCUT2D eigenvalue weighted by Gasteiger charge is 2.28. The number of nitrogens with zero attached hydrogens (tertiary/aromatic N) is 3. The number of ether oxygens (including phenoxy) is 1. The molecule has 1 amide bonds. The maximum atomic E-state index is 12.7. The van der Waals surface area contributed by atoms with Gasteiger partial charge in [0, 0.05) is 38.6 Å². The Bertz CT molecular complexity index is 735. The highest BCUT2D eigenvalue weighted by atomic mass is 16.5. The van der Waals surface area contributed by atoms with Crippen LogP contribution in [0.1, 0.15) is 17.5 Å². The highest BCUT2D eigenvalue weighted by Crippen LogP contribution is 2.20. The molecule has 2 aromatic rings. The number of pyridine rings is 1. The molecule has 0 saturated carbocycles. The number of rotatable bonds is 4. The topological polar surface area (TPSA) is 45.7 Å². The van der Waals surface area contributed by atoms with Crippen molar-refractivity contribution in [2.45, 2.75) is 25.5 Å². The quantitative estimate of drug-likeness (QED) is 0.857. The average molecular weight is 337 g/mol. The van der Waals surface area contributed by atoms with Gasteiger partial charge >= 0.3 is 0 Å². The molecule has 5 heteroatoms. The van der Waals surface area contributed by atoms with Crippen molar-refractivity contribution < 1.29 is 9.53 Å². The minimum absolute atomic E-state index is 0.150. The summed E-state index contributed by atoms with van der Waals surface area (Å²) in [5.74, 6) is 1.07. The van der Waals surface area contributed by atoms with Crippen LogP contribution in [0.2, 0.25) is 0 Å². The Hall–Kier alpha value is -2.40. The van der Waals surface area contributed by atoms with E-state index in [1.54, 1.807) is 12.4 Å². The predicted octanol–water partition coefficient (Wildman–Crippen LogP) is 2.12. The third-order valence-corrected chi connectivity index (χ3v) is 5.02. The standard InChI is InChI=1S/C20H23N3O2/c24-20(23-12-7-16-3-1-2-4-17(16)13-23)15-22-11-8-19(14-22)25-18-5-9-21-10-6-18/h1-6,9-10,19H,7-8,11-15H2/t19-/m1/s1. The molecular formula is C20H23N3O2. The zero-order valence-corrected chi connectivity index (χ0v) is 14.3. The predicted molar refractivity (Wildman–Crippen MR) is 95.3 cm³/mol. The molecule has 0 aliphatic carbocycles. The Kier molecular flexibility index (Phi) is 4.65. The number of carbonyl (C=O) groups excluding carboxylic acids is 1. The number of amides is 1. The first kappa shape index (κ1) is 16.1. The van der Waals surface area contributed by atoms with Gasteiger partial charge in [-0.25, -0.2) is 0 Å². The molecule has 1 atom stereocenters. The van der Waals surface area contributed by atoms with E-state index in [1.165, 1.54) is 11.1 Å². The van der Waals surface area contributed by atoms with E-state index in [2.05, 4.69) is 28.1 Å². The molecule has 1 saturated heterocycles. The van der Waals surface area contributed by atoms with Crippen molar-refractivity contribution in [3.8, 4) is 5.75 Å². The lowest BCUT2D eigenvalue weighted by molar-refractivity contribution is -0.133. The third kappa shape index (κ3) is 3.82. The van der Waals surface area contributed by atoms with Gasteiger partial charge < -0.3 is 9.64 Å². The lowest BCUT2D eigenvalue weighted by Gasteiger charge is -2.30. The zero-order valence-electron chi connectivity index (χ0n) is 14.3. The van der Waals surface area contributed by atoms with E-state index in [-0.39, 0.29) is 12.0 Å². The van der Waals surface area contributed by atoms with Crippen molar-refractivity contribution in [3.05, 3.63) is 59.9 Å². The molecule has 130 valence electrons. The summed E-state index contributed by atoms with van der Waals surface area (Å²) in [5.41, 5.74) is 2.65. The molecule has 0 bridgehead atoms. The van der Waals surface area contributed by atoms with Crippen LogP contribution in [0.5, 0.6) is 5.75 Å². The summed E-state index contributed by atoms with van der Waals surface area (Å²) in [4.78, 5) is 20.9. The smallest absolute Gasteiger partial charge is 0.237 e. The maximum absolute atomic E-state index is 12.7. The number of hydrogen-bond acceptors (Lipinski definition) is 4. The molecule has 1 aromatic heterocycles. The summed E-state index contributed by atoms with van der Waals surface area (Å²) < 4.78 is 5.97. The summed E-state index contributed by atoms with van der Waals surface area (Å²) >= 11 is 0. The molecule has 1 aromatic carbocycles. The number of aromatic nitrogens is 1. The summed E-state index contributed by atoms with van der Waals surface area (Å²) in [6, 6.07) is 12.2. The second kappa shape index (κ2) is 7.23. The highest BCUT2D eigenvalue weighted by molar-refractivity contribution is 5.78. The summed E-state index contributed by atoms with van der Waals surface area (Å²) in [5, 5.41) is 0. The van der Waals surface area contributed by atoms with E-state index >= 15 is 0 Å². The largest absolute Gasteiger partial charge is 0.489 e. The van der Waals surface area contributed by atoms with Crippen molar-refractivity contribution in [3.63, 3.8) is 0 Å². The molecule has 0 unspecified atom stereocenters. The molecule has 5 nitrogen and oxygen atoms in total. The number of benzene rings is 1. The molecule has 1 fully saturated rings. The number of carbonyl (C=O) groups is 1. The van der Waals surface area contributed by atoms with E-state index in [4.69, 9.17) is 4.74 Å². The van der Waals surface area contributed by atoms with Crippen molar-refractivity contribution in [2.75, 3.05) is 26.2 Å². The average Bonchev–Trinajstić information content (AvgIpc) is 3.09. The number of fused-ring (bicyclic) bond motifs is 1. The molecule has 2 aliphatic rings. The van der Waals surface area contributed by atoms with Crippen molar-refractivity contribution >= 4 is 5.91 Å². The summed E-state index contributed by atoms with van der Waals surface area (Å²) in [6.07, 6.45) is 5.53. The van der Waals surface area contributed by atoms with Crippen LogP contribution in [-0.2, 0) is 17.8 Å². The van der Waals surface area contributed by atoms with Gasteiger partial charge in [-0.05, 0) is 36.1 Å². The van der Waals surface area contributed by atoms with E-state index in [9.17, 15) is 4.79 Å². The van der Waals surface area contributed by atoms with Crippen molar-refractivity contribution in [1.82, 2.24) is 14.8 Å². The Balaban J connectivity index is 1.29. The molecule has 25 heavy (non-hydrogen) atoms. The number of likely N-dealkylation sites (tertiary alicyclic amines) is 1. The van der Waals surface area contributed by atoms with Gasteiger partial charge in [0.05, 0.1) is 6.54 Å². The minimum atomic E-state index is 0.150. The first-order chi connectivity index (χ1) is 12.3. The van der Waals surface area contributed by atoms with Crippen molar-refractivity contribution in [1.29, 1.82) is 0 Å². The van der Waals surface area contributed by atoms with Gasteiger partial charge in [0.15, 0.2) is 0 Å². The molecular weight excluding hydrogens is 314 g/mol. The lowest BCUT2D eigenvalue weighted by atomic mass is 10.00. The second-order valence-electron chi connectivity index (χ2n) is 6.78. The second-order valence-corrected chi connectivity index (χ2v) is 6.78.